The number of likely N-dealkylation sites (tertiary alicyclic amines) is 1. The minimum atomic E-state index is -0.0701. The molecule has 140 valence electrons. The van der Waals surface area contributed by atoms with Gasteiger partial charge in [-0.25, -0.2) is 4.98 Å². The molecule has 0 saturated carbocycles. The number of aryl methyl sites for hydroxylation is 1. The summed E-state index contributed by atoms with van der Waals surface area (Å²) in [7, 11) is 3.87. The number of carbonyl (C=O) groups is 1. The molecular formula is C22H26N4O. The zero-order chi connectivity index (χ0) is 18.8. The maximum atomic E-state index is 11.8. The number of fused-ring (bicyclic) bond motifs is 1. The molecule has 0 radical (unpaired) electrons. The van der Waals surface area contributed by atoms with Crippen LogP contribution >= 0.6 is 0 Å². The molecule has 0 aliphatic carbocycles. The maximum Gasteiger partial charge on any atom is 0.251 e. The van der Waals surface area contributed by atoms with Crippen molar-refractivity contribution in [1.82, 2.24) is 19.8 Å². The van der Waals surface area contributed by atoms with Crippen LogP contribution in [0, 0.1) is 0 Å². The minimum Gasteiger partial charge on any atom is -0.355 e. The first-order valence-corrected chi connectivity index (χ1v) is 9.65. The van der Waals surface area contributed by atoms with Crippen LogP contribution in [0.4, 0.5) is 0 Å². The van der Waals surface area contributed by atoms with Crippen LogP contribution in [0.5, 0.6) is 0 Å². The number of nitrogens with one attached hydrogen (secondary N) is 1. The molecule has 1 N–H and O–H groups in total. The van der Waals surface area contributed by atoms with Crippen molar-refractivity contribution in [2.75, 3.05) is 20.6 Å². The van der Waals surface area contributed by atoms with E-state index in [0.29, 0.717) is 11.6 Å². The van der Waals surface area contributed by atoms with Crippen LogP contribution in [0.25, 0.3) is 22.4 Å². The fraction of sp³-hybridized carbons (Fsp3) is 0.364. The topological polar surface area (TPSA) is 50.2 Å². The van der Waals surface area contributed by atoms with Gasteiger partial charge in [0.15, 0.2) is 0 Å². The van der Waals surface area contributed by atoms with Crippen molar-refractivity contribution in [2.45, 2.75) is 31.8 Å². The molecule has 5 nitrogen and oxygen atoms in total. The number of imidazole rings is 1. The monoisotopic (exact) mass is 362 g/mol. The van der Waals surface area contributed by atoms with Crippen molar-refractivity contribution in [1.29, 1.82) is 0 Å². The van der Waals surface area contributed by atoms with E-state index in [1.807, 2.05) is 30.3 Å². The fourth-order valence-corrected chi connectivity index (χ4v) is 4.06. The highest BCUT2D eigenvalue weighted by molar-refractivity contribution is 5.94. The normalized spacial score (nSPS) is 17.5. The van der Waals surface area contributed by atoms with Crippen LogP contribution in [-0.2, 0) is 6.54 Å². The third-order valence-electron chi connectivity index (χ3n) is 5.64. The van der Waals surface area contributed by atoms with E-state index in [0.717, 1.165) is 29.9 Å². The Balaban J connectivity index is 1.68. The first-order valence-electron chi connectivity index (χ1n) is 9.65. The smallest absolute Gasteiger partial charge is 0.251 e. The van der Waals surface area contributed by atoms with Gasteiger partial charge in [0.25, 0.3) is 5.91 Å². The summed E-state index contributed by atoms with van der Waals surface area (Å²) in [4.78, 5) is 19.2. The van der Waals surface area contributed by atoms with Gasteiger partial charge in [-0.1, -0.05) is 24.3 Å². The van der Waals surface area contributed by atoms with Crippen LogP contribution in [0.3, 0.4) is 0 Å². The number of hydrogen-bond donors (Lipinski definition) is 1. The van der Waals surface area contributed by atoms with Crippen molar-refractivity contribution >= 4 is 16.9 Å². The lowest BCUT2D eigenvalue weighted by molar-refractivity contribution is 0.0963. The second-order valence-electron chi connectivity index (χ2n) is 7.30. The molecule has 5 heteroatoms. The predicted molar refractivity (Wildman–Crippen MR) is 109 cm³/mol. The summed E-state index contributed by atoms with van der Waals surface area (Å²) >= 11 is 0. The van der Waals surface area contributed by atoms with E-state index < -0.39 is 0 Å². The van der Waals surface area contributed by atoms with Gasteiger partial charge in [0.05, 0.1) is 11.0 Å². The molecule has 3 aromatic rings. The number of hydrogen-bond acceptors (Lipinski definition) is 3. The van der Waals surface area contributed by atoms with Crippen molar-refractivity contribution < 1.29 is 4.79 Å². The zero-order valence-electron chi connectivity index (χ0n) is 16.0. The molecule has 0 bridgehead atoms. The second kappa shape index (κ2) is 7.53. The Kier molecular flexibility index (Phi) is 4.94. The van der Waals surface area contributed by atoms with E-state index in [-0.39, 0.29) is 5.91 Å². The van der Waals surface area contributed by atoms with E-state index in [2.05, 4.69) is 40.0 Å². The van der Waals surface area contributed by atoms with Gasteiger partial charge in [0.2, 0.25) is 0 Å². The minimum absolute atomic E-state index is 0.0701. The van der Waals surface area contributed by atoms with Crippen LogP contribution in [0.2, 0.25) is 0 Å². The van der Waals surface area contributed by atoms with Crippen molar-refractivity contribution in [3.8, 4) is 11.4 Å². The van der Waals surface area contributed by atoms with Crippen molar-refractivity contribution in [3.63, 3.8) is 0 Å². The lowest BCUT2D eigenvalue weighted by Gasteiger charge is -2.20. The lowest BCUT2D eigenvalue weighted by atomic mass is 10.1. The summed E-state index contributed by atoms with van der Waals surface area (Å²) < 4.78 is 2.33. The highest BCUT2D eigenvalue weighted by atomic mass is 16.1. The average molecular weight is 362 g/mol. The number of aromatic nitrogens is 2. The number of para-hydroxylation sites is 2. The molecule has 2 aromatic carbocycles. The molecule has 4 rings (SSSR count). The summed E-state index contributed by atoms with van der Waals surface area (Å²) in [5.41, 5.74) is 3.89. The van der Waals surface area contributed by atoms with Gasteiger partial charge in [0.1, 0.15) is 5.82 Å². The average Bonchev–Trinajstić information content (AvgIpc) is 3.29. The van der Waals surface area contributed by atoms with Crippen LogP contribution < -0.4 is 5.32 Å². The van der Waals surface area contributed by atoms with E-state index >= 15 is 0 Å². The molecule has 1 unspecified atom stereocenters. The number of benzene rings is 2. The molecule has 1 atom stereocenters. The van der Waals surface area contributed by atoms with E-state index in [1.165, 1.54) is 24.9 Å². The molecule has 2 heterocycles. The molecule has 27 heavy (non-hydrogen) atoms. The summed E-state index contributed by atoms with van der Waals surface area (Å²) in [5, 5.41) is 2.66. The van der Waals surface area contributed by atoms with Crippen LogP contribution in [0.1, 0.15) is 29.6 Å². The van der Waals surface area contributed by atoms with Gasteiger partial charge in [-0.2, -0.15) is 0 Å². The van der Waals surface area contributed by atoms with Crippen molar-refractivity contribution in [2.24, 2.45) is 0 Å². The Bertz CT molecular complexity index is 945. The first-order chi connectivity index (χ1) is 13.2. The Morgan fingerprint density at radius 1 is 1.19 bits per heavy atom. The third kappa shape index (κ3) is 3.47. The second-order valence-corrected chi connectivity index (χ2v) is 7.30. The molecule has 1 aromatic heterocycles. The highest BCUT2D eigenvalue weighted by Gasteiger charge is 2.21. The third-order valence-corrected chi connectivity index (χ3v) is 5.64. The zero-order valence-corrected chi connectivity index (χ0v) is 16.0. The van der Waals surface area contributed by atoms with E-state index in [9.17, 15) is 4.79 Å². The SMILES string of the molecule is CNC(=O)c1ccc(-c2nc3ccccc3n2CCC2CCCN2C)cc1. The quantitative estimate of drug-likeness (QED) is 0.755. The van der Waals surface area contributed by atoms with Gasteiger partial charge in [-0.15, -0.1) is 0 Å². The number of carbonyl (C=O) groups excluding carboxylic acids is 1. The molecule has 1 aliphatic rings. The summed E-state index contributed by atoms with van der Waals surface area (Å²) in [6, 6.07) is 16.7. The Labute approximate surface area is 160 Å². The summed E-state index contributed by atoms with van der Waals surface area (Å²) in [6.45, 7) is 2.14. The Morgan fingerprint density at radius 3 is 2.67 bits per heavy atom. The number of rotatable bonds is 5. The molecular weight excluding hydrogens is 336 g/mol. The first kappa shape index (κ1) is 17.7. The molecule has 0 spiro atoms. The molecule has 1 aliphatic heterocycles. The predicted octanol–water partition coefficient (Wildman–Crippen LogP) is 3.55. The van der Waals surface area contributed by atoms with Gasteiger partial charge >= 0.3 is 0 Å². The standard InChI is InChI=1S/C22H26N4O/c1-23-22(27)17-11-9-16(10-12-17)21-24-19-7-3-4-8-20(19)26(21)15-13-18-6-5-14-25(18)2/h3-4,7-12,18H,5-6,13-15H2,1-2H3,(H,23,27). The van der Waals surface area contributed by atoms with Gasteiger partial charge < -0.3 is 14.8 Å². The summed E-state index contributed by atoms with van der Waals surface area (Å²) in [6.07, 6.45) is 3.69. The van der Waals surface area contributed by atoms with Gasteiger partial charge in [-0.3, -0.25) is 4.79 Å². The largest absolute Gasteiger partial charge is 0.355 e. The van der Waals surface area contributed by atoms with E-state index in [4.69, 9.17) is 4.98 Å². The van der Waals surface area contributed by atoms with Crippen molar-refractivity contribution in [3.05, 3.63) is 54.1 Å². The van der Waals surface area contributed by atoms with Gasteiger partial charge in [0, 0.05) is 30.8 Å². The molecule has 1 fully saturated rings. The van der Waals surface area contributed by atoms with Gasteiger partial charge in [-0.05, 0) is 57.1 Å². The van der Waals surface area contributed by atoms with Crippen LogP contribution in [0.15, 0.2) is 48.5 Å². The maximum absolute atomic E-state index is 11.8. The van der Waals surface area contributed by atoms with E-state index in [1.54, 1.807) is 7.05 Å². The molecule has 1 saturated heterocycles. The Hall–Kier alpha value is -2.66. The Morgan fingerprint density at radius 2 is 1.96 bits per heavy atom. The fourth-order valence-electron chi connectivity index (χ4n) is 4.06. The highest BCUT2D eigenvalue weighted by Crippen LogP contribution is 2.27. The molecule has 1 amide bonds. The number of nitrogens with zero attached hydrogens (tertiary/aromatic N) is 3. The lowest BCUT2D eigenvalue weighted by Crippen LogP contribution is -2.26. The summed E-state index contributed by atoms with van der Waals surface area (Å²) in [5.74, 6) is 0.902. The number of amides is 1. The van der Waals surface area contributed by atoms with Crippen LogP contribution in [-0.4, -0.2) is 47.0 Å².